The molecule has 0 spiro atoms. The number of pyridine rings is 1. The van der Waals surface area contributed by atoms with Crippen LogP contribution in [0.2, 0.25) is 0 Å². The van der Waals surface area contributed by atoms with Crippen molar-refractivity contribution in [3.63, 3.8) is 0 Å². The van der Waals surface area contributed by atoms with E-state index in [1.807, 2.05) is 12.1 Å². The summed E-state index contributed by atoms with van der Waals surface area (Å²) >= 11 is 0. The second-order valence-electron chi connectivity index (χ2n) is 5.11. The normalized spacial score (nSPS) is 11.1. The van der Waals surface area contributed by atoms with E-state index >= 15 is 0 Å². The van der Waals surface area contributed by atoms with Crippen molar-refractivity contribution in [3.05, 3.63) is 78.0 Å². The van der Waals surface area contributed by atoms with Gasteiger partial charge in [-0.15, -0.1) is 0 Å². The first-order chi connectivity index (χ1) is 10.7. The van der Waals surface area contributed by atoms with Gasteiger partial charge in [0.25, 0.3) is 0 Å². The lowest BCUT2D eigenvalue weighted by atomic mass is 10.1. The quantitative estimate of drug-likeness (QED) is 0.565. The molecule has 106 valence electrons. The largest absolute Gasteiger partial charge is 0.352 e. The number of nitrogens with zero attached hydrogens (tertiary/aromatic N) is 1. The van der Waals surface area contributed by atoms with Crippen molar-refractivity contribution in [2.45, 2.75) is 0 Å². The van der Waals surface area contributed by atoms with Crippen molar-refractivity contribution in [3.8, 4) is 0 Å². The minimum absolute atomic E-state index is 0.136. The number of hydrogen-bond acceptors (Lipinski definition) is 2. The summed E-state index contributed by atoms with van der Waals surface area (Å²) < 4.78 is 14.1. The molecule has 22 heavy (non-hydrogen) atoms. The number of fused-ring (bicyclic) bond motifs is 3. The van der Waals surface area contributed by atoms with Crippen molar-refractivity contribution >= 4 is 27.5 Å². The number of ketones is 1. The molecule has 4 heteroatoms. The van der Waals surface area contributed by atoms with Crippen LogP contribution in [0.3, 0.4) is 0 Å². The number of aromatic nitrogens is 2. The molecule has 3 nitrogen and oxygen atoms in total. The smallest absolute Gasteiger partial charge is 0.209 e. The SMILES string of the molecule is O=C(c1ccncc1)c1cc2c(cc(F)c3ccccc32)[nH]1. The van der Waals surface area contributed by atoms with Crippen LogP contribution in [-0.4, -0.2) is 15.8 Å². The van der Waals surface area contributed by atoms with E-state index in [4.69, 9.17) is 0 Å². The van der Waals surface area contributed by atoms with Crippen LogP contribution in [-0.2, 0) is 0 Å². The molecule has 2 aromatic heterocycles. The number of carbonyl (C=O) groups is 1. The summed E-state index contributed by atoms with van der Waals surface area (Å²) in [5.74, 6) is -0.434. The van der Waals surface area contributed by atoms with E-state index in [1.165, 1.54) is 6.07 Å². The first kappa shape index (κ1) is 12.7. The van der Waals surface area contributed by atoms with Gasteiger partial charge in [-0.1, -0.05) is 24.3 Å². The third-order valence-corrected chi connectivity index (χ3v) is 3.78. The number of aromatic amines is 1. The summed E-state index contributed by atoms with van der Waals surface area (Å²) in [5, 5.41) is 2.19. The molecule has 0 saturated heterocycles. The summed E-state index contributed by atoms with van der Waals surface area (Å²) in [7, 11) is 0. The van der Waals surface area contributed by atoms with Crippen molar-refractivity contribution in [1.82, 2.24) is 9.97 Å². The van der Waals surface area contributed by atoms with Crippen molar-refractivity contribution in [2.75, 3.05) is 0 Å². The Kier molecular flexibility index (Phi) is 2.76. The fourth-order valence-electron chi connectivity index (χ4n) is 2.72. The van der Waals surface area contributed by atoms with Gasteiger partial charge in [0.2, 0.25) is 5.78 Å². The summed E-state index contributed by atoms with van der Waals surface area (Å²) in [4.78, 5) is 19.4. The predicted octanol–water partition coefficient (Wildman–Crippen LogP) is 4.09. The highest BCUT2D eigenvalue weighted by Gasteiger charge is 2.14. The molecule has 0 fully saturated rings. The summed E-state index contributed by atoms with van der Waals surface area (Å²) in [6, 6.07) is 13.8. The van der Waals surface area contributed by atoms with Crippen LogP contribution in [0.25, 0.3) is 21.7 Å². The minimum atomic E-state index is -0.298. The number of hydrogen-bond donors (Lipinski definition) is 1. The lowest BCUT2D eigenvalue weighted by Crippen LogP contribution is -2.01. The van der Waals surface area contributed by atoms with E-state index in [0.29, 0.717) is 22.2 Å². The first-order valence-electron chi connectivity index (χ1n) is 6.89. The van der Waals surface area contributed by atoms with Gasteiger partial charge in [-0.05, 0) is 29.7 Å². The molecule has 0 aliphatic rings. The fraction of sp³-hybridized carbons (Fsp3) is 0. The molecule has 0 unspecified atom stereocenters. The van der Waals surface area contributed by atoms with Crippen LogP contribution in [0.5, 0.6) is 0 Å². The molecule has 0 radical (unpaired) electrons. The molecule has 2 heterocycles. The third-order valence-electron chi connectivity index (χ3n) is 3.78. The zero-order chi connectivity index (χ0) is 15.1. The number of rotatable bonds is 2. The van der Waals surface area contributed by atoms with Crippen molar-refractivity contribution < 1.29 is 9.18 Å². The van der Waals surface area contributed by atoms with Gasteiger partial charge in [-0.3, -0.25) is 9.78 Å². The summed E-state index contributed by atoms with van der Waals surface area (Å²) in [6.07, 6.45) is 3.15. The van der Waals surface area contributed by atoms with E-state index in [-0.39, 0.29) is 11.6 Å². The van der Waals surface area contributed by atoms with Gasteiger partial charge in [0, 0.05) is 34.2 Å². The molecule has 4 rings (SSSR count). The monoisotopic (exact) mass is 290 g/mol. The second kappa shape index (κ2) is 4.77. The second-order valence-corrected chi connectivity index (χ2v) is 5.11. The highest BCUT2D eigenvalue weighted by atomic mass is 19.1. The Morgan fingerprint density at radius 2 is 1.68 bits per heavy atom. The van der Waals surface area contributed by atoms with Crippen LogP contribution in [0.4, 0.5) is 4.39 Å². The molecule has 4 aromatic rings. The van der Waals surface area contributed by atoms with E-state index < -0.39 is 0 Å². The number of halogens is 1. The van der Waals surface area contributed by atoms with E-state index in [0.717, 1.165) is 10.8 Å². The van der Waals surface area contributed by atoms with Crippen LogP contribution in [0.15, 0.2) is 60.9 Å². The van der Waals surface area contributed by atoms with Crippen LogP contribution in [0.1, 0.15) is 16.1 Å². The number of carbonyl (C=O) groups excluding carboxylic acids is 1. The van der Waals surface area contributed by atoms with Crippen molar-refractivity contribution in [1.29, 1.82) is 0 Å². The highest BCUT2D eigenvalue weighted by Crippen LogP contribution is 2.29. The zero-order valence-corrected chi connectivity index (χ0v) is 11.5. The Morgan fingerprint density at radius 3 is 2.45 bits per heavy atom. The Bertz CT molecular complexity index is 1010. The first-order valence-corrected chi connectivity index (χ1v) is 6.89. The van der Waals surface area contributed by atoms with Gasteiger partial charge in [-0.2, -0.15) is 0 Å². The standard InChI is InChI=1S/C18H11FN2O/c19-15-10-16-14(12-3-1-2-4-13(12)15)9-17(21-16)18(22)11-5-7-20-8-6-11/h1-10,21H. The third kappa shape index (κ3) is 1.89. The predicted molar refractivity (Wildman–Crippen MR) is 83.4 cm³/mol. The minimum Gasteiger partial charge on any atom is -0.352 e. The Labute approximate surface area is 125 Å². The average Bonchev–Trinajstić information content (AvgIpc) is 2.99. The van der Waals surface area contributed by atoms with Gasteiger partial charge >= 0.3 is 0 Å². The van der Waals surface area contributed by atoms with Gasteiger partial charge in [0.15, 0.2) is 0 Å². The molecular weight excluding hydrogens is 279 g/mol. The molecule has 0 atom stereocenters. The molecule has 1 N–H and O–H groups in total. The number of nitrogens with one attached hydrogen (secondary N) is 1. The lowest BCUT2D eigenvalue weighted by Gasteiger charge is -2.00. The summed E-state index contributed by atoms with van der Waals surface area (Å²) in [6.45, 7) is 0. The molecule has 0 bridgehead atoms. The maximum Gasteiger partial charge on any atom is 0.209 e. The van der Waals surface area contributed by atoms with E-state index in [1.54, 1.807) is 42.7 Å². The molecule has 0 saturated carbocycles. The molecule has 0 amide bonds. The average molecular weight is 290 g/mol. The van der Waals surface area contributed by atoms with E-state index in [9.17, 15) is 9.18 Å². The number of H-pyrrole nitrogens is 1. The maximum atomic E-state index is 14.1. The highest BCUT2D eigenvalue weighted by molar-refractivity contribution is 6.14. The van der Waals surface area contributed by atoms with Gasteiger partial charge < -0.3 is 4.98 Å². The van der Waals surface area contributed by atoms with Gasteiger partial charge in [-0.25, -0.2) is 4.39 Å². The molecular formula is C18H11FN2O. The molecule has 0 aliphatic carbocycles. The Hall–Kier alpha value is -3.01. The molecule has 2 aromatic carbocycles. The Morgan fingerprint density at radius 1 is 0.955 bits per heavy atom. The maximum absolute atomic E-state index is 14.1. The van der Waals surface area contributed by atoms with Crippen LogP contribution in [0, 0.1) is 5.82 Å². The van der Waals surface area contributed by atoms with Gasteiger partial charge in [0.05, 0.1) is 5.69 Å². The topological polar surface area (TPSA) is 45.8 Å². The van der Waals surface area contributed by atoms with Crippen LogP contribution >= 0.6 is 0 Å². The van der Waals surface area contributed by atoms with Crippen molar-refractivity contribution in [2.24, 2.45) is 0 Å². The molecule has 0 aliphatic heterocycles. The Balaban J connectivity index is 1.95. The lowest BCUT2D eigenvalue weighted by molar-refractivity contribution is 0.103. The summed E-state index contributed by atoms with van der Waals surface area (Å²) in [5.41, 5.74) is 1.61. The fourth-order valence-corrected chi connectivity index (χ4v) is 2.72. The number of benzene rings is 2. The van der Waals surface area contributed by atoms with E-state index in [2.05, 4.69) is 9.97 Å². The van der Waals surface area contributed by atoms with Gasteiger partial charge in [0.1, 0.15) is 5.82 Å². The van der Waals surface area contributed by atoms with Crippen LogP contribution < -0.4 is 0 Å². The zero-order valence-electron chi connectivity index (χ0n) is 11.5.